The Morgan fingerprint density at radius 2 is 2.10 bits per heavy atom. The number of amides is 1. The van der Waals surface area contributed by atoms with Crippen molar-refractivity contribution in [3.63, 3.8) is 0 Å². The first-order valence-electron chi connectivity index (χ1n) is 6.09. The molecule has 20 heavy (non-hydrogen) atoms. The quantitative estimate of drug-likeness (QED) is 0.831. The third kappa shape index (κ3) is 3.90. The van der Waals surface area contributed by atoms with Gasteiger partial charge in [-0.15, -0.1) is 0 Å². The average Bonchev–Trinajstić information content (AvgIpc) is 2.67. The molecule has 0 spiro atoms. The molecule has 1 aromatic carbocycles. The van der Waals surface area contributed by atoms with Gasteiger partial charge < -0.3 is 14.5 Å². The fraction of sp³-hybridized carbons (Fsp3) is 0.357. The van der Waals surface area contributed by atoms with E-state index in [0.29, 0.717) is 16.4 Å². The van der Waals surface area contributed by atoms with E-state index in [1.54, 1.807) is 6.07 Å². The molecule has 2 aromatic rings. The van der Waals surface area contributed by atoms with Gasteiger partial charge in [-0.25, -0.2) is 4.79 Å². The zero-order valence-corrected chi connectivity index (χ0v) is 13.8. The molecule has 1 heterocycles. The Morgan fingerprint density at radius 1 is 1.40 bits per heavy atom. The molecule has 0 radical (unpaired) electrons. The Bertz CT molecular complexity index is 646. The van der Waals surface area contributed by atoms with Gasteiger partial charge in [-0.2, -0.15) is 0 Å². The topological polar surface area (TPSA) is 51.5 Å². The second kappa shape index (κ2) is 5.66. The number of ether oxygens (including phenoxy) is 1. The summed E-state index contributed by atoms with van der Waals surface area (Å²) in [7, 11) is 0. The molecular weight excluding hydrogens is 346 g/mol. The molecule has 6 heteroatoms. The highest BCUT2D eigenvalue weighted by atomic mass is 79.9. The number of hydrogen-bond donors (Lipinski definition) is 1. The maximum Gasteiger partial charge on any atom is 0.408 e. The van der Waals surface area contributed by atoms with E-state index in [2.05, 4.69) is 21.2 Å². The summed E-state index contributed by atoms with van der Waals surface area (Å²) in [5, 5.41) is 4.06. The first-order valence-corrected chi connectivity index (χ1v) is 7.26. The highest BCUT2D eigenvalue weighted by Crippen LogP contribution is 2.30. The van der Waals surface area contributed by atoms with Crippen LogP contribution in [0.15, 0.2) is 27.1 Å². The molecule has 0 saturated carbocycles. The Kier molecular flexibility index (Phi) is 4.30. The van der Waals surface area contributed by atoms with Crippen LogP contribution in [0, 0.1) is 0 Å². The summed E-state index contributed by atoms with van der Waals surface area (Å²) in [5.41, 5.74) is 0.150. The molecule has 2 rings (SSSR count). The summed E-state index contributed by atoms with van der Waals surface area (Å²) in [5.74, 6) is 0.617. The van der Waals surface area contributed by atoms with Gasteiger partial charge in [0.25, 0.3) is 0 Å². The van der Waals surface area contributed by atoms with E-state index in [-0.39, 0.29) is 6.54 Å². The lowest BCUT2D eigenvalue weighted by Crippen LogP contribution is -2.32. The van der Waals surface area contributed by atoms with E-state index in [0.717, 1.165) is 9.86 Å². The normalized spacial score (nSPS) is 11.7. The zero-order chi connectivity index (χ0) is 14.9. The lowest BCUT2D eigenvalue weighted by Gasteiger charge is -2.19. The predicted molar refractivity (Wildman–Crippen MR) is 82.0 cm³/mol. The monoisotopic (exact) mass is 359 g/mol. The zero-order valence-electron chi connectivity index (χ0n) is 11.4. The number of carbonyl (C=O) groups excluding carboxylic acids is 1. The van der Waals surface area contributed by atoms with Crippen LogP contribution in [0.3, 0.4) is 0 Å². The second-order valence-electron chi connectivity index (χ2n) is 5.37. The Morgan fingerprint density at radius 3 is 2.75 bits per heavy atom. The molecule has 0 unspecified atom stereocenters. The molecule has 0 aliphatic heterocycles. The standard InChI is InChI=1S/C14H15BrClNO3/c1-14(2,3)20-13(18)17-7-9-6-10-11(16)4-8(15)5-12(10)19-9/h4-6H,7H2,1-3H3,(H,17,18). The lowest BCUT2D eigenvalue weighted by atomic mass is 10.2. The fourth-order valence-corrected chi connectivity index (χ4v) is 2.51. The predicted octanol–water partition coefficient (Wildman–Crippen LogP) is 4.87. The maximum absolute atomic E-state index is 11.6. The van der Waals surface area contributed by atoms with E-state index in [4.69, 9.17) is 20.8 Å². The minimum atomic E-state index is -0.522. The number of furan rings is 1. The van der Waals surface area contributed by atoms with Crippen LogP contribution in [-0.2, 0) is 11.3 Å². The van der Waals surface area contributed by atoms with Crippen LogP contribution in [0.25, 0.3) is 11.0 Å². The van der Waals surface area contributed by atoms with Crippen molar-refractivity contribution in [2.24, 2.45) is 0 Å². The van der Waals surface area contributed by atoms with Crippen molar-refractivity contribution in [2.45, 2.75) is 32.9 Å². The number of hydrogen-bond acceptors (Lipinski definition) is 3. The van der Waals surface area contributed by atoms with Crippen molar-refractivity contribution in [3.8, 4) is 0 Å². The molecule has 1 aromatic heterocycles. The molecule has 4 nitrogen and oxygen atoms in total. The number of rotatable bonds is 2. The highest BCUT2D eigenvalue weighted by molar-refractivity contribution is 9.10. The van der Waals surface area contributed by atoms with Gasteiger partial charge in [-0.3, -0.25) is 0 Å². The van der Waals surface area contributed by atoms with E-state index in [1.807, 2.05) is 32.9 Å². The van der Waals surface area contributed by atoms with E-state index in [9.17, 15) is 4.79 Å². The van der Waals surface area contributed by atoms with Crippen molar-refractivity contribution in [2.75, 3.05) is 0 Å². The van der Waals surface area contributed by atoms with Crippen molar-refractivity contribution in [3.05, 3.63) is 33.5 Å². The number of halogens is 2. The van der Waals surface area contributed by atoms with Crippen LogP contribution in [0.1, 0.15) is 26.5 Å². The maximum atomic E-state index is 11.6. The molecule has 0 aliphatic rings. The molecule has 0 fully saturated rings. The summed E-state index contributed by atoms with van der Waals surface area (Å²) in [6, 6.07) is 5.43. The van der Waals surface area contributed by atoms with Crippen LogP contribution in [0.4, 0.5) is 4.79 Å². The number of carbonyl (C=O) groups is 1. The molecule has 1 amide bonds. The third-order valence-electron chi connectivity index (χ3n) is 2.41. The van der Waals surface area contributed by atoms with Crippen molar-refractivity contribution >= 4 is 44.6 Å². The minimum absolute atomic E-state index is 0.248. The molecule has 108 valence electrons. The van der Waals surface area contributed by atoms with Gasteiger partial charge in [0.05, 0.1) is 11.6 Å². The molecule has 0 saturated heterocycles. The summed E-state index contributed by atoms with van der Waals surface area (Å²) in [4.78, 5) is 11.6. The van der Waals surface area contributed by atoms with Crippen LogP contribution < -0.4 is 5.32 Å². The third-order valence-corrected chi connectivity index (χ3v) is 3.18. The lowest BCUT2D eigenvalue weighted by molar-refractivity contribution is 0.0520. The number of fused-ring (bicyclic) bond motifs is 1. The highest BCUT2D eigenvalue weighted by Gasteiger charge is 2.16. The number of alkyl carbamates (subject to hydrolysis) is 1. The first-order chi connectivity index (χ1) is 9.24. The Labute approximate surface area is 130 Å². The second-order valence-corrected chi connectivity index (χ2v) is 6.69. The van der Waals surface area contributed by atoms with Gasteiger partial charge >= 0.3 is 6.09 Å². The Balaban J connectivity index is 2.08. The fourth-order valence-electron chi connectivity index (χ4n) is 1.68. The molecule has 1 N–H and O–H groups in total. The van der Waals surface area contributed by atoms with Crippen molar-refractivity contribution < 1.29 is 13.9 Å². The van der Waals surface area contributed by atoms with Gasteiger partial charge in [-0.05, 0) is 39.0 Å². The van der Waals surface area contributed by atoms with Crippen LogP contribution in [0.5, 0.6) is 0 Å². The van der Waals surface area contributed by atoms with Crippen LogP contribution >= 0.6 is 27.5 Å². The van der Waals surface area contributed by atoms with E-state index >= 15 is 0 Å². The molecule has 0 atom stereocenters. The van der Waals surface area contributed by atoms with Crippen molar-refractivity contribution in [1.82, 2.24) is 5.32 Å². The molecule has 0 aliphatic carbocycles. The summed E-state index contributed by atoms with van der Waals surface area (Å²) in [6.45, 7) is 5.68. The van der Waals surface area contributed by atoms with Crippen LogP contribution in [-0.4, -0.2) is 11.7 Å². The Hall–Kier alpha value is -1.20. The number of benzene rings is 1. The summed E-state index contributed by atoms with van der Waals surface area (Å²) < 4.78 is 11.6. The van der Waals surface area contributed by atoms with Gasteiger partial charge in [0.15, 0.2) is 0 Å². The van der Waals surface area contributed by atoms with Gasteiger partial charge in [0, 0.05) is 9.86 Å². The van der Waals surface area contributed by atoms with E-state index < -0.39 is 11.7 Å². The smallest absolute Gasteiger partial charge is 0.408 e. The van der Waals surface area contributed by atoms with Crippen molar-refractivity contribution in [1.29, 1.82) is 0 Å². The number of nitrogens with one attached hydrogen (secondary N) is 1. The van der Waals surface area contributed by atoms with Gasteiger partial charge in [0.2, 0.25) is 0 Å². The van der Waals surface area contributed by atoms with Crippen LogP contribution in [0.2, 0.25) is 5.02 Å². The molecular formula is C14H15BrClNO3. The molecule has 0 bridgehead atoms. The van der Waals surface area contributed by atoms with Gasteiger partial charge in [0.1, 0.15) is 16.9 Å². The first kappa shape index (κ1) is 15.2. The summed E-state index contributed by atoms with van der Waals surface area (Å²) in [6.07, 6.45) is -0.481. The summed E-state index contributed by atoms with van der Waals surface area (Å²) >= 11 is 9.48. The van der Waals surface area contributed by atoms with E-state index in [1.165, 1.54) is 0 Å². The average molecular weight is 361 g/mol. The largest absolute Gasteiger partial charge is 0.459 e. The SMILES string of the molecule is CC(C)(C)OC(=O)NCc1cc2c(Cl)cc(Br)cc2o1. The minimum Gasteiger partial charge on any atom is -0.459 e. The van der Waals surface area contributed by atoms with Gasteiger partial charge in [-0.1, -0.05) is 27.5 Å².